The van der Waals surface area contributed by atoms with E-state index >= 15 is 0 Å². The zero-order valence-corrected chi connectivity index (χ0v) is 16.6. The average Bonchev–Trinajstić information content (AvgIpc) is 3.03. The Balaban J connectivity index is 1.97. The number of benzene rings is 2. The quantitative estimate of drug-likeness (QED) is 0.626. The van der Waals surface area contributed by atoms with Gasteiger partial charge in [-0.2, -0.15) is 0 Å². The zero-order chi connectivity index (χ0) is 20.5. The Labute approximate surface area is 169 Å². The minimum absolute atomic E-state index is 0.263. The zero-order valence-electron chi connectivity index (χ0n) is 15.8. The van der Waals surface area contributed by atoms with Gasteiger partial charge in [-0.1, -0.05) is 53.8 Å². The van der Waals surface area contributed by atoms with Crippen LogP contribution in [-0.2, 0) is 9.53 Å². The molecular formula is C22H17FN2O3S. The Morgan fingerprint density at radius 1 is 1.17 bits per heavy atom. The number of ether oxygens (including phenoxy) is 1. The van der Waals surface area contributed by atoms with Crippen molar-refractivity contribution in [3.63, 3.8) is 0 Å². The molecule has 3 aromatic rings. The summed E-state index contributed by atoms with van der Waals surface area (Å²) in [5, 5.41) is 0. The monoisotopic (exact) mass is 408 g/mol. The summed E-state index contributed by atoms with van der Waals surface area (Å²) in [6.45, 7) is 1.74. The lowest BCUT2D eigenvalue weighted by Gasteiger charge is -2.24. The van der Waals surface area contributed by atoms with E-state index in [0.717, 1.165) is 5.56 Å². The Hall–Kier alpha value is -3.32. The summed E-state index contributed by atoms with van der Waals surface area (Å²) < 4.78 is 20.1. The van der Waals surface area contributed by atoms with Crippen LogP contribution in [0.25, 0.3) is 6.08 Å². The van der Waals surface area contributed by atoms with Crippen molar-refractivity contribution in [1.82, 2.24) is 4.57 Å². The summed E-state index contributed by atoms with van der Waals surface area (Å²) in [5.41, 5.74) is 2.08. The standard InChI is InChI=1S/C22H17FN2O3S/c1-13-18(21(27)28-2)19(15-6-4-3-5-7-15)25-20(26)17(29-22(25)24-13)12-14-8-10-16(23)11-9-14/h3-12,19H,1-2H3/b17-12-/t19-/m0/s1. The third-order valence-corrected chi connectivity index (χ3v) is 5.69. The number of rotatable bonds is 3. The van der Waals surface area contributed by atoms with Crippen LogP contribution in [0.1, 0.15) is 24.1 Å². The van der Waals surface area contributed by atoms with Crippen molar-refractivity contribution in [3.05, 3.63) is 102 Å². The van der Waals surface area contributed by atoms with Gasteiger partial charge in [0, 0.05) is 0 Å². The fourth-order valence-corrected chi connectivity index (χ4v) is 4.40. The van der Waals surface area contributed by atoms with Gasteiger partial charge in [-0.15, -0.1) is 0 Å². The molecule has 1 aliphatic rings. The molecule has 0 fully saturated rings. The Morgan fingerprint density at radius 2 is 1.86 bits per heavy atom. The number of methoxy groups -OCH3 is 1. The van der Waals surface area contributed by atoms with E-state index in [1.807, 2.05) is 30.3 Å². The van der Waals surface area contributed by atoms with Crippen LogP contribution in [0.3, 0.4) is 0 Å². The molecule has 0 aliphatic carbocycles. The van der Waals surface area contributed by atoms with Gasteiger partial charge >= 0.3 is 5.97 Å². The lowest BCUT2D eigenvalue weighted by molar-refractivity contribution is -0.136. The number of carbonyl (C=O) groups is 1. The lowest BCUT2D eigenvalue weighted by Crippen LogP contribution is -2.39. The van der Waals surface area contributed by atoms with Crippen LogP contribution in [0.2, 0.25) is 0 Å². The van der Waals surface area contributed by atoms with E-state index in [1.54, 1.807) is 25.1 Å². The normalized spacial score (nSPS) is 16.4. The second-order valence-corrected chi connectivity index (χ2v) is 7.54. The Kier molecular flexibility index (Phi) is 4.98. The van der Waals surface area contributed by atoms with Crippen LogP contribution in [-0.4, -0.2) is 17.6 Å². The van der Waals surface area contributed by atoms with E-state index in [0.29, 0.717) is 26.2 Å². The van der Waals surface area contributed by atoms with Gasteiger partial charge in [0.25, 0.3) is 5.56 Å². The molecule has 7 heteroatoms. The molecule has 2 heterocycles. The highest BCUT2D eigenvalue weighted by molar-refractivity contribution is 7.07. The number of aromatic nitrogens is 1. The van der Waals surface area contributed by atoms with Gasteiger partial charge < -0.3 is 4.74 Å². The predicted octanol–water partition coefficient (Wildman–Crippen LogP) is 2.55. The second-order valence-electron chi connectivity index (χ2n) is 6.54. The van der Waals surface area contributed by atoms with Crippen LogP contribution < -0.4 is 14.9 Å². The lowest BCUT2D eigenvalue weighted by atomic mass is 9.96. The number of nitrogens with zero attached hydrogens (tertiary/aromatic N) is 2. The average molecular weight is 408 g/mol. The number of allylic oxidation sites excluding steroid dienone is 1. The molecule has 0 N–H and O–H groups in total. The third-order valence-electron chi connectivity index (χ3n) is 4.71. The van der Waals surface area contributed by atoms with Gasteiger partial charge in [-0.05, 0) is 36.3 Å². The molecule has 1 atom stereocenters. The number of halogens is 1. The molecule has 2 aromatic carbocycles. The fourth-order valence-electron chi connectivity index (χ4n) is 3.35. The molecule has 5 nitrogen and oxygen atoms in total. The van der Waals surface area contributed by atoms with Gasteiger partial charge in [0.1, 0.15) is 5.82 Å². The Morgan fingerprint density at radius 3 is 2.52 bits per heavy atom. The molecule has 0 unspecified atom stereocenters. The summed E-state index contributed by atoms with van der Waals surface area (Å²) in [7, 11) is 1.31. The van der Waals surface area contributed by atoms with Crippen LogP contribution >= 0.6 is 11.3 Å². The summed E-state index contributed by atoms with van der Waals surface area (Å²) in [6.07, 6.45) is 1.70. The highest BCUT2D eigenvalue weighted by atomic mass is 32.1. The first kappa shape index (κ1) is 19.0. The summed E-state index contributed by atoms with van der Waals surface area (Å²) in [4.78, 5) is 30.8. The van der Waals surface area contributed by atoms with Crippen LogP contribution in [0.4, 0.5) is 4.39 Å². The van der Waals surface area contributed by atoms with E-state index in [1.165, 1.54) is 35.1 Å². The molecule has 0 bridgehead atoms. The van der Waals surface area contributed by atoms with Crippen LogP contribution in [0.15, 0.2) is 75.7 Å². The predicted molar refractivity (Wildman–Crippen MR) is 109 cm³/mol. The number of carbonyl (C=O) groups excluding carboxylic acids is 1. The van der Waals surface area contributed by atoms with Gasteiger partial charge in [0.2, 0.25) is 0 Å². The number of thiazole rings is 1. The molecular weight excluding hydrogens is 391 g/mol. The topological polar surface area (TPSA) is 60.7 Å². The maximum atomic E-state index is 13.3. The molecule has 0 saturated heterocycles. The maximum Gasteiger partial charge on any atom is 0.338 e. The van der Waals surface area contributed by atoms with Gasteiger partial charge in [0.15, 0.2) is 4.80 Å². The number of fused-ring (bicyclic) bond motifs is 1. The van der Waals surface area contributed by atoms with Crippen molar-refractivity contribution in [1.29, 1.82) is 0 Å². The van der Waals surface area contributed by atoms with E-state index < -0.39 is 12.0 Å². The van der Waals surface area contributed by atoms with Crippen molar-refractivity contribution in [2.45, 2.75) is 13.0 Å². The van der Waals surface area contributed by atoms with Crippen molar-refractivity contribution >= 4 is 23.4 Å². The van der Waals surface area contributed by atoms with Crippen molar-refractivity contribution in [2.75, 3.05) is 7.11 Å². The number of hydrogen-bond acceptors (Lipinski definition) is 5. The molecule has 29 heavy (non-hydrogen) atoms. The highest BCUT2D eigenvalue weighted by Gasteiger charge is 2.32. The van der Waals surface area contributed by atoms with E-state index in [2.05, 4.69) is 4.99 Å². The van der Waals surface area contributed by atoms with Gasteiger partial charge in [-0.3, -0.25) is 9.36 Å². The van der Waals surface area contributed by atoms with Crippen molar-refractivity contribution in [2.24, 2.45) is 4.99 Å². The fraction of sp³-hybridized carbons (Fsp3) is 0.136. The molecule has 1 aliphatic heterocycles. The highest BCUT2D eigenvalue weighted by Crippen LogP contribution is 2.30. The van der Waals surface area contributed by atoms with Crippen molar-refractivity contribution in [3.8, 4) is 0 Å². The number of esters is 1. The summed E-state index contributed by atoms with van der Waals surface area (Å²) in [5.74, 6) is -0.862. The first-order valence-electron chi connectivity index (χ1n) is 8.91. The van der Waals surface area contributed by atoms with Crippen molar-refractivity contribution < 1.29 is 13.9 Å². The molecule has 0 spiro atoms. The Bertz CT molecular complexity index is 1290. The minimum Gasteiger partial charge on any atom is -0.466 e. The molecule has 1 aromatic heterocycles. The summed E-state index contributed by atoms with van der Waals surface area (Å²) in [6, 6.07) is 14.6. The van der Waals surface area contributed by atoms with Gasteiger partial charge in [-0.25, -0.2) is 14.2 Å². The summed E-state index contributed by atoms with van der Waals surface area (Å²) >= 11 is 1.23. The molecule has 0 radical (unpaired) electrons. The number of hydrogen-bond donors (Lipinski definition) is 0. The largest absolute Gasteiger partial charge is 0.466 e. The van der Waals surface area contributed by atoms with Gasteiger partial charge in [0.05, 0.1) is 29.0 Å². The van der Waals surface area contributed by atoms with E-state index in [4.69, 9.17) is 4.74 Å². The molecule has 4 rings (SSSR count). The first-order valence-corrected chi connectivity index (χ1v) is 9.72. The minimum atomic E-state index is -0.629. The maximum absolute atomic E-state index is 13.3. The van der Waals surface area contributed by atoms with E-state index in [-0.39, 0.29) is 11.4 Å². The van der Waals surface area contributed by atoms with E-state index in [9.17, 15) is 14.0 Å². The SMILES string of the molecule is COC(=O)C1=C(C)N=c2s/c(=C\c3ccc(F)cc3)c(=O)n2[C@H]1c1ccccc1. The first-order chi connectivity index (χ1) is 14.0. The second kappa shape index (κ2) is 7.60. The smallest absolute Gasteiger partial charge is 0.338 e. The molecule has 0 saturated carbocycles. The molecule has 146 valence electrons. The third kappa shape index (κ3) is 3.45. The van der Waals surface area contributed by atoms with Crippen LogP contribution in [0, 0.1) is 5.82 Å². The van der Waals surface area contributed by atoms with Crippen LogP contribution in [0.5, 0.6) is 0 Å². The molecule has 0 amide bonds.